The Balaban J connectivity index is 2.11. The average Bonchev–Trinajstić information content (AvgIpc) is 2.48. The second-order valence-corrected chi connectivity index (χ2v) is 8.31. The molecule has 2 rings (SSSR count). The van der Waals surface area contributed by atoms with Crippen LogP contribution in [0.5, 0.6) is 0 Å². The van der Waals surface area contributed by atoms with Crippen LogP contribution in [0, 0.1) is 11.8 Å². The Morgan fingerprint density at radius 3 is 2.14 bits per heavy atom. The van der Waals surface area contributed by atoms with Crippen LogP contribution in [0.2, 0.25) is 0 Å². The van der Waals surface area contributed by atoms with E-state index >= 15 is 0 Å². The lowest BCUT2D eigenvalue weighted by molar-refractivity contribution is 0.224. The molecule has 21 heavy (non-hydrogen) atoms. The van der Waals surface area contributed by atoms with Gasteiger partial charge in [-0.3, -0.25) is 0 Å². The summed E-state index contributed by atoms with van der Waals surface area (Å²) in [7, 11) is -1.11. The summed E-state index contributed by atoms with van der Waals surface area (Å²) in [6.45, 7) is 2.28. The lowest BCUT2D eigenvalue weighted by Crippen LogP contribution is -2.28. The minimum absolute atomic E-state index is 0.330. The Morgan fingerprint density at radius 1 is 1.14 bits per heavy atom. The Hall–Kier alpha value is -0.870. The van der Waals surface area contributed by atoms with Gasteiger partial charge in [-0.2, -0.15) is 0 Å². The zero-order valence-corrected chi connectivity index (χ0v) is 14.1. The van der Waals surface area contributed by atoms with Crippen LogP contribution < -0.4 is 5.32 Å². The Bertz CT molecular complexity index is 543. The first-order valence-corrected chi connectivity index (χ1v) is 9.82. The van der Waals surface area contributed by atoms with Crippen molar-refractivity contribution in [2.75, 3.05) is 13.3 Å². The van der Waals surface area contributed by atoms with Crippen LogP contribution in [0.3, 0.4) is 0 Å². The number of sulfone groups is 1. The Morgan fingerprint density at radius 2 is 1.71 bits per heavy atom. The zero-order chi connectivity index (χ0) is 15.5. The molecule has 0 heterocycles. The molecule has 0 aromatic heterocycles. The van der Waals surface area contributed by atoms with E-state index in [2.05, 4.69) is 12.2 Å². The third kappa shape index (κ3) is 4.07. The van der Waals surface area contributed by atoms with Crippen molar-refractivity contribution in [1.82, 2.24) is 5.32 Å². The van der Waals surface area contributed by atoms with E-state index in [0.717, 1.165) is 5.92 Å². The third-order valence-corrected chi connectivity index (χ3v) is 6.05. The fourth-order valence-corrected chi connectivity index (χ4v) is 4.16. The molecule has 1 fully saturated rings. The van der Waals surface area contributed by atoms with Crippen molar-refractivity contribution in [3.8, 4) is 0 Å². The molecule has 1 saturated carbocycles. The van der Waals surface area contributed by atoms with Crippen molar-refractivity contribution in [3.05, 3.63) is 29.8 Å². The van der Waals surface area contributed by atoms with Crippen LogP contribution in [0.4, 0.5) is 0 Å². The van der Waals surface area contributed by atoms with Crippen LogP contribution in [0.1, 0.15) is 50.6 Å². The minimum Gasteiger partial charge on any atom is -0.313 e. The van der Waals surface area contributed by atoms with E-state index < -0.39 is 9.84 Å². The number of benzene rings is 1. The molecule has 1 unspecified atom stereocenters. The van der Waals surface area contributed by atoms with E-state index in [1.54, 1.807) is 12.1 Å². The average molecular weight is 309 g/mol. The fourth-order valence-electron chi connectivity index (χ4n) is 3.53. The summed E-state index contributed by atoms with van der Waals surface area (Å²) in [4.78, 5) is 0.399. The third-order valence-electron chi connectivity index (χ3n) is 4.92. The van der Waals surface area contributed by atoms with Gasteiger partial charge in [0.25, 0.3) is 0 Å². The van der Waals surface area contributed by atoms with Gasteiger partial charge in [-0.25, -0.2) is 8.42 Å². The van der Waals surface area contributed by atoms with Gasteiger partial charge in [0.1, 0.15) is 0 Å². The monoisotopic (exact) mass is 309 g/mol. The Labute approximate surface area is 129 Å². The standard InChI is InChI=1S/C17H27NO2S/c1-4-13-5-7-14(8-6-13)17(18-2)15-9-11-16(12-10-15)21(3,19)20/h9-14,17-18H,4-8H2,1-3H3. The van der Waals surface area contributed by atoms with Crippen molar-refractivity contribution in [1.29, 1.82) is 0 Å². The summed E-state index contributed by atoms with van der Waals surface area (Å²) in [6.07, 6.45) is 7.71. The van der Waals surface area contributed by atoms with Crippen molar-refractivity contribution in [3.63, 3.8) is 0 Å². The van der Waals surface area contributed by atoms with E-state index in [0.29, 0.717) is 16.9 Å². The predicted molar refractivity (Wildman–Crippen MR) is 87.1 cm³/mol. The van der Waals surface area contributed by atoms with Crippen molar-refractivity contribution in [2.24, 2.45) is 11.8 Å². The highest BCUT2D eigenvalue weighted by Crippen LogP contribution is 2.37. The maximum Gasteiger partial charge on any atom is 0.175 e. The van der Waals surface area contributed by atoms with Crippen molar-refractivity contribution < 1.29 is 8.42 Å². The molecule has 4 heteroatoms. The van der Waals surface area contributed by atoms with Gasteiger partial charge in [-0.05, 0) is 49.4 Å². The highest BCUT2D eigenvalue weighted by Gasteiger charge is 2.27. The van der Waals surface area contributed by atoms with E-state index in [1.807, 2.05) is 19.2 Å². The van der Waals surface area contributed by atoms with E-state index in [4.69, 9.17) is 0 Å². The molecular weight excluding hydrogens is 282 g/mol. The molecule has 1 aliphatic carbocycles. The van der Waals surface area contributed by atoms with Gasteiger partial charge >= 0.3 is 0 Å². The molecule has 1 aliphatic rings. The zero-order valence-electron chi connectivity index (χ0n) is 13.3. The Kier molecular flexibility index (Phi) is 5.44. The first-order valence-electron chi connectivity index (χ1n) is 7.93. The van der Waals surface area contributed by atoms with Gasteiger partial charge in [0, 0.05) is 12.3 Å². The van der Waals surface area contributed by atoms with Crippen molar-refractivity contribution in [2.45, 2.75) is 50.0 Å². The van der Waals surface area contributed by atoms with Crippen LogP contribution in [-0.2, 0) is 9.84 Å². The highest BCUT2D eigenvalue weighted by molar-refractivity contribution is 7.90. The van der Waals surface area contributed by atoms with Gasteiger partial charge in [0.05, 0.1) is 4.90 Å². The maximum atomic E-state index is 11.5. The van der Waals surface area contributed by atoms with E-state index in [-0.39, 0.29) is 0 Å². The molecule has 1 aromatic carbocycles. The summed E-state index contributed by atoms with van der Waals surface area (Å²) >= 11 is 0. The minimum atomic E-state index is -3.11. The first kappa shape index (κ1) is 16.5. The van der Waals surface area contributed by atoms with Gasteiger partial charge in [0.2, 0.25) is 0 Å². The van der Waals surface area contributed by atoms with Gasteiger partial charge in [0.15, 0.2) is 9.84 Å². The number of hydrogen-bond acceptors (Lipinski definition) is 3. The SMILES string of the molecule is CCC1CCC(C(NC)c2ccc(S(C)(=O)=O)cc2)CC1. The largest absolute Gasteiger partial charge is 0.313 e. The molecule has 118 valence electrons. The number of rotatable bonds is 5. The highest BCUT2D eigenvalue weighted by atomic mass is 32.2. The van der Waals surface area contributed by atoms with E-state index in [1.165, 1.54) is 43.9 Å². The molecule has 0 bridgehead atoms. The van der Waals surface area contributed by atoms with Gasteiger partial charge < -0.3 is 5.32 Å². The molecule has 3 nitrogen and oxygen atoms in total. The van der Waals surface area contributed by atoms with Crippen LogP contribution in [0.15, 0.2) is 29.2 Å². The fraction of sp³-hybridized carbons (Fsp3) is 0.647. The molecule has 1 aromatic rings. The van der Waals surface area contributed by atoms with Crippen molar-refractivity contribution >= 4 is 9.84 Å². The topological polar surface area (TPSA) is 46.2 Å². The molecule has 0 amide bonds. The molecule has 0 saturated heterocycles. The quantitative estimate of drug-likeness (QED) is 0.904. The molecule has 0 spiro atoms. The van der Waals surface area contributed by atoms with Gasteiger partial charge in [-0.1, -0.05) is 38.3 Å². The molecule has 0 aliphatic heterocycles. The lowest BCUT2D eigenvalue weighted by Gasteiger charge is -2.33. The van der Waals surface area contributed by atoms with Crippen LogP contribution in [-0.4, -0.2) is 21.7 Å². The van der Waals surface area contributed by atoms with E-state index in [9.17, 15) is 8.42 Å². The van der Waals surface area contributed by atoms with Crippen LogP contribution in [0.25, 0.3) is 0 Å². The summed E-state index contributed by atoms with van der Waals surface area (Å²) in [5.74, 6) is 1.55. The smallest absolute Gasteiger partial charge is 0.175 e. The predicted octanol–water partition coefficient (Wildman–Crippen LogP) is 3.57. The first-order chi connectivity index (χ1) is 9.95. The summed E-state index contributed by atoms with van der Waals surface area (Å²) in [5, 5.41) is 3.43. The lowest BCUT2D eigenvalue weighted by atomic mass is 9.76. The summed E-state index contributed by atoms with van der Waals surface area (Å²) < 4.78 is 23.1. The van der Waals surface area contributed by atoms with Gasteiger partial charge in [-0.15, -0.1) is 0 Å². The number of hydrogen-bond donors (Lipinski definition) is 1. The summed E-state index contributed by atoms with van der Waals surface area (Å²) in [6, 6.07) is 7.71. The summed E-state index contributed by atoms with van der Waals surface area (Å²) in [5.41, 5.74) is 1.20. The molecule has 0 radical (unpaired) electrons. The second kappa shape index (κ2) is 6.93. The molecular formula is C17H27NO2S. The molecule has 1 atom stereocenters. The van der Waals surface area contributed by atoms with Crippen LogP contribution >= 0.6 is 0 Å². The maximum absolute atomic E-state index is 11.5. The second-order valence-electron chi connectivity index (χ2n) is 6.30. The normalized spacial score (nSPS) is 24.7. The molecule has 1 N–H and O–H groups in total. The number of nitrogens with one attached hydrogen (secondary N) is 1.